The Hall–Kier alpha value is -2.36. The van der Waals surface area contributed by atoms with E-state index in [1.807, 2.05) is 6.92 Å². The fourth-order valence-electron chi connectivity index (χ4n) is 2.55. The van der Waals surface area contributed by atoms with Gasteiger partial charge < -0.3 is 9.47 Å². The first-order chi connectivity index (χ1) is 10.0. The lowest BCUT2D eigenvalue weighted by atomic mass is 9.75. The summed E-state index contributed by atoms with van der Waals surface area (Å²) in [5, 5.41) is 0. The van der Waals surface area contributed by atoms with E-state index in [-0.39, 0.29) is 18.2 Å². The molecule has 1 atom stereocenters. The minimum atomic E-state index is -0.810. The van der Waals surface area contributed by atoms with Crippen LogP contribution in [-0.4, -0.2) is 19.5 Å². The summed E-state index contributed by atoms with van der Waals surface area (Å²) >= 11 is 0. The molecule has 3 rings (SSSR count). The second-order valence-electron chi connectivity index (χ2n) is 5.32. The van der Waals surface area contributed by atoms with Crippen molar-refractivity contribution in [2.75, 3.05) is 13.7 Å². The second-order valence-corrected chi connectivity index (χ2v) is 5.32. The van der Waals surface area contributed by atoms with Gasteiger partial charge in [-0.15, -0.1) is 0 Å². The molecule has 2 aromatic carbocycles. The van der Waals surface area contributed by atoms with Gasteiger partial charge in [0, 0.05) is 6.07 Å². The molecule has 0 radical (unpaired) electrons. The molecule has 21 heavy (non-hydrogen) atoms. The molecule has 0 saturated carbocycles. The van der Waals surface area contributed by atoms with E-state index >= 15 is 0 Å². The van der Waals surface area contributed by atoms with Crippen molar-refractivity contribution in [1.29, 1.82) is 0 Å². The van der Waals surface area contributed by atoms with Crippen LogP contribution in [0.25, 0.3) is 0 Å². The van der Waals surface area contributed by atoms with Gasteiger partial charge in [0.2, 0.25) is 0 Å². The lowest BCUT2D eigenvalue weighted by molar-refractivity contribution is 0.0791. The largest absolute Gasteiger partial charge is 0.497 e. The van der Waals surface area contributed by atoms with Gasteiger partial charge in [-0.25, -0.2) is 4.39 Å². The Labute approximate surface area is 122 Å². The van der Waals surface area contributed by atoms with Crippen LogP contribution >= 0.6 is 0 Å². The first-order valence-electron chi connectivity index (χ1n) is 6.66. The maximum absolute atomic E-state index is 13.1. The first kappa shape index (κ1) is 13.6. The first-order valence-corrected chi connectivity index (χ1v) is 6.66. The molecule has 4 heteroatoms. The smallest absolute Gasteiger partial charge is 0.180 e. The average molecular weight is 286 g/mol. The number of methoxy groups -OCH3 is 1. The van der Waals surface area contributed by atoms with Gasteiger partial charge in [-0.05, 0) is 36.8 Å². The maximum Gasteiger partial charge on any atom is 0.180 e. The highest BCUT2D eigenvalue weighted by molar-refractivity contribution is 6.07. The molecule has 1 aliphatic heterocycles. The van der Waals surface area contributed by atoms with Crippen molar-refractivity contribution in [3.8, 4) is 11.5 Å². The van der Waals surface area contributed by atoms with E-state index in [0.717, 1.165) is 5.56 Å². The lowest BCUT2D eigenvalue weighted by Crippen LogP contribution is -2.42. The van der Waals surface area contributed by atoms with Gasteiger partial charge >= 0.3 is 0 Å². The molecular formula is C17H15FO3. The average Bonchev–Trinajstić information content (AvgIpc) is 2.51. The van der Waals surface area contributed by atoms with Crippen LogP contribution in [0.5, 0.6) is 11.5 Å². The van der Waals surface area contributed by atoms with Crippen molar-refractivity contribution in [2.24, 2.45) is 0 Å². The Morgan fingerprint density at radius 3 is 2.57 bits per heavy atom. The Bertz CT molecular complexity index is 694. The summed E-state index contributed by atoms with van der Waals surface area (Å²) in [7, 11) is 1.56. The van der Waals surface area contributed by atoms with Crippen molar-refractivity contribution >= 4 is 5.78 Å². The Morgan fingerprint density at radius 1 is 1.19 bits per heavy atom. The molecule has 1 heterocycles. The van der Waals surface area contributed by atoms with Crippen LogP contribution in [0.3, 0.4) is 0 Å². The number of ether oxygens (including phenoxy) is 2. The third kappa shape index (κ3) is 2.17. The van der Waals surface area contributed by atoms with Crippen LogP contribution < -0.4 is 9.47 Å². The molecule has 0 saturated heterocycles. The number of Topliss-reactive ketones (excluding diaryl/α,β-unsaturated/α-hetero) is 1. The molecule has 0 fully saturated rings. The van der Waals surface area contributed by atoms with Crippen LogP contribution in [0.2, 0.25) is 0 Å². The summed E-state index contributed by atoms with van der Waals surface area (Å²) in [6, 6.07) is 11.1. The van der Waals surface area contributed by atoms with Crippen LogP contribution in [0.1, 0.15) is 22.8 Å². The van der Waals surface area contributed by atoms with Crippen LogP contribution in [0.4, 0.5) is 4.39 Å². The van der Waals surface area contributed by atoms with E-state index in [0.29, 0.717) is 17.1 Å². The highest BCUT2D eigenvalue weighted by Crippen LogP contribution is 2.38. The molecule has 3 nitrogen and oxygen atoms in total. The third-order valence-electron chi connectivity index (χ3n) is 3.93. The van der Waals surface area contributed by atoms with E-state index < -0.39 is 5.41 Å². The zero-order chi connectivity index (χ0) is 15.0. The number of hydrogen-bond acceptors (Lipinski definition) is 3. The van der Waals surface area contributed by atoms with Gasteiger partial charge in [0.25, 0.3) is 0 Å². The van der Waals surface area contributed by atoms with Gasteiger partial charge in [-0.1, -0.05) is 12.1 Å². The predicted octanol–water partition coefficient (Wildman–Crippen LogP) is 3.37. The molecule has 1 unspecified atom stereocenters. The van der Waals surface area contributed by atoms with E-state index in [9.17, 15) is 9.18 Å². The van der Waals surface area contributed by atoms with Crippen molar-refractivity contribution in [3.05, 3.63) is 59.4 Å². The van der Waals surface area contributed by atoms with Crippen LogP contribution in [-0.2, 0) is 5.41 Å². The molecule has 0 aliphatic carbocycles. The number of halogens is 1. The highest BCUT2D eigenvalue weighted by Gasteiger charge is 2.41. The fourth-order valence-corrected chi connectivity index (χ4v) is 2.55. The molecule has 0 spiro atoms. The standard InChI is InChI=1S/C17H15FO3/c1-17(11-3-5-12(18)6-4-11)10-21-15-9-13(20-2)7-8-14(15)16(17)19/h3-9H,10H2,1-2H3. The molecule has 1 aliphatic rings. The molecule has 108 valence electrons. The number of fused-ring (bicyclic) bond motifs is 1. The third-order valence-corrected chi connectivity index (χ3v) is 3.93. The highest BCUT2D eigenvalue weighted by atomic mass is 19.1. The van der Waals surface area contributed by atoms with Crippen molar-refractivity contribution < 1.29 is 18.7 Å². The van der Waals surface area contributed by atoms with Gasteiger partial charge in [-0.3, -0.25) is 4.79 Å². The van der Waals surface area contributed by atoms with Crippen LogP contribution in [0.15, 0.2) is 42.5 Å². The quantitative estimate of drug-likeness (QED) is 0.849. The summed E-state index contributed by atoms with van der Waals surface area (Å²) in [5.41, 5.74) is 0.458. The summed E-state index contributed by atoms with van der Waals surface area (Å²) in [6.07, 6.45) is 0. The van der Waals surface area contributed by atoms with Crippen molar-refractivity contribution in [3.63, 3.8) is 0 Å². The molecule has 2 aromatic rings. The molecular weight excluding hydrogens is 271 g/mol. The number of carbonyl (C=O) groups is 1. The van der Waals surface area contributed by atoms with Crippen LogP contribution in [0, 0.1) is 5.82 Å². The Kier molecular flexibility index (Phi) is 3.16. The number of rotatable bonds is 2. The summed E-state index contributed by atoms with van der Waals surface area (Å²) in [4.78, 5) is 12.8. The summed E-state index contributed by atoms with van der Waals surface area (Å²) in [5.74, 6) is 0.820. The minimum absolute atomic E-state index is 0.0296. The number of carbonyl (C=O) groups excluding carboxylic acids is 1. The molecule has 0 bridgehead atoms. The predicted molar refractivity (Wildman–Crippen MR) is 76.6 cm³/mol. The summed E-state index contributed by atoms with van der Waals surface area (Å²) < 4.78 is 23.9. The molecule has 0 N–H and O–H groups in total. The Balaban J connectivity index is 2.03. The molecule has 0 amide bonds. The number of ketones is 1. The van der Waals surface area contributed by atoms with Gasteiger partial charge in [-0.2, -0.15) is 0 Å². The monoisotopic (exact) mass is 286 g/mol. The number of hydrogen-bond donors (Lipinski definition) is 0. The van der Waals surface area contributed by atoms with Gasteiger partial charge in [0.1, 0.15) is 23.9 Å². The second kappa shape index (κ2) is 4.88. The topological polar surface area (TPSA) is 35.5 Å². The van der Waals surface area contributed by atoms with E-state index in [4.69, 9.17) is 9.47 Å². The van der Waals surface area contributed by atoms with Crippen molar-refractivity contribution in [2.45, 2.75) is 12.3 Å². The maximum atomic E-state index is 13.1. The number of benzene rings is 2. The Morgan fingerprint density at radius 2 is 1.90 bits per heavy atom. The molecule has 0 aromatic heterocycles. The minimum Gasteiger partial charge on any atom is -0.497 e. The zero-order valence-corrected chi connectivity index (χ0v) is 11.9. The summed E-state index contributed by atoms with van der Waals surface area (Å²) in [6.45, 7) is 2.04. The van der Waals surface area contributed by atoms with Crippen molar-refractivity contribution in [1.82, 2.24) is 0 Å². The SMILES string of the molecule is COc1ccc2c(c1)OCC(C)(c1ccc(F)cc1)C2=O. The zero-order valence-electron chi connectivity index (χ0n) is 11.9. The lowest BCUT2D eigenvalue weighted by Gasteiger charge is -2.33. The normalized spacial score (nSPS) is 20.6. The van der Waals surface area contributed by atoms with Gasteiger partial charge in [0.15, 0.2) is 5.78 Å². The fraction of sp³-hybridized carbons (Fsp3) is 0.235. The van der Waals surface area contributed by atoms with E-state index in [1.54, 1.807) is 37.4 Å². The van der Waals surface area contributed by atoms with E-state index in [1.165, 1.54) is 12.1 Å². The van der Waals surface area contributed by atoms with E-state index in [2.05, 4.69) is 0 Å². The van der Waals surface area contributed by atoms with Gasteiger partial charge in [0.05, 0.1) is 18.1 Å².